The quantitative estimate of drug-likeness (QED) is 0.791. The maximum Gasteiger partial charge on any atom is 0.205 e. The lowest BCUT2D eigenvalue weighted by molar-refractivity contribution is -0.144. The largest absolute Gasteiger partial charge is 0.497 e. The number of rotatable bonds is 3. The van der Waals surface area contributed by atoms with Crippen LogP contribution in [-0.4, -0.2) is 25.7 Å². The zero-order chi connectivity index (χ0) is 10.7. The Bertz CT molecular complexity index is 334. The van der Waals surface area contributed by atoms with Gasteiger partial charge in [-0.2, -0.15) is 0 Å². The fourth-order valence-corrected chi connectivity index (χ4v) is 2.28. The van der Waals surface area contributed by atoms with Gasteiger partial charge in [-0.25, -0.2) is 0 Å². The summed E-state index contributed by atoms with van der Waals surface area (Å²) < 4.78 is 16.5. The van der Waals surface area contributed by atoms with Crippen molar-refractivity contribution in [1.82, 2.24) is 0 Å². The van der Waals surface area contributed by atoms with Gasteiger partial charge in [0.2, 0.25) is 5.79 Å². The number of hydrogen-bond acceptors (Lipinski definition) is 3. The van der Waals surface area contributed by atoms with E-state index < -0.39 is 5.79 Å². The molecule has 0 aromatic heterocycles. The van der Waals surface area contributed by atoms with Gasteiger partial charge in [0.1, 0.15) is 5.75 Å². The highest BCUT2D eigenvalue weighted by Gasteiger charge is 2.37. The Morgan fingerprint density at radius 3 is 2.73 bits per heavy atom. The molecule has 1 aromatic rings. The number of benzene rings is 1. The predicted octanol–water partition coefficient (Wildman–Crippen LogP) is 2.29. The second-order valence-electron chi connectivity index (χ2n) is 3.32. The molecule has 1 aromatic carbocycles. The molecule has 0 aliphatic carbocycles. The van der Waals surface area contributed by atoms with Gasteiger partial charge in [0.05, 0.1) is 25.7 Å². The predicted molar refractivity (Wildman–Crippen MR) is 60.4 cm³/mol. The molecular formula is C11H13BrO3. The van der Waals surface area contributed by atoms with Gasteiger partial charge in [0.25, 0.3) is 0 Å². The first-order valence-corrected chi connectivity index (χ1v) is 5.91. The lowest BCUT2D eigenvalue weighted by atomic mass is 10.1. The second kappa shape index (κ2) is 4.51. The number of halogens is 1. The molecule has 3 nitrogen and oxygen atoms in total. The summed E-state index contributed by atoms with van der Waals surface area (Å²) in [4.78, 5) is 0. The molecule has 0 atom stereocenters. The van der Waals surface area contributed by atoms with Gasteiger partial charge in [-0.05, 0) is 12.1 Å². The van der Waals surface area contributed by atoms with Gasteiger partial charge in [-0.3, -0.25) is 0 Å². The molecule has 1 fully saturated rings. The summed E-state index contributed by atoms with van der Waals surface area (Å²) >= 11 is 3.43. The SMILES string of the molecule is COc1cccc(C2(CBr)OCCO2)c1. The van der Waals surface area contributed by atoms with Crippen molar-refractivity contribution in [2.24, 2.45) is 0 Å². The van der Waals surface area contributed by atoms with Gasteiger partial charge in [0, 0.05) is 5.56 Å². The highest BCUT2D eigenvalue weighted by atomic mass is 79.9. The zero-order valence-electron chi connectivity index (χ0n) is 8.53. The topological polar surface area (TPSA) is 27.7 Å². The molecule has 1 heterocycles. The summed E-state index contributed by atoms with van der Waals surface area (Å²) in [5, 5.41) is 0.618. The molecule has 0 bridgehead atoms. The maximum absolute atomic E-state index is 5.65. The lowest BCUT2D eigenvalue weighted by Crippen LogP contribution is -2.28. The van der Waals surface area contributed by atoms with Crippen molar-refractivity contribution in [3.63, 3.8) is 0 Å². The van der Waals surface area contributed by atoms with Crippen LogP contribution in [0.3, 0.4) is 0 Å². The van der Waals surface area contributed by atoms with Crippen LogP contribution in [-0.2, 0) is 15.3 Å². The lowest BCUT2D eigenvalue weighted by Gasteiger charge is -2.25. The molecule has 0 radical (unpaired) electrons. The first-order valence-electron chi connectivity index (χ1n) is 4.79. The minimum Gasteiger partial charge on any atom is -0.497 e. The van der Waals surface area contributed by atoms with E-state index in [2.05, 4.69) is 15.9 Å². The fourth-order valence-electron chi connectivity index (χ4n) is 1.64. The average molecular weight is 273 g/mol. The number of hydrogen-bond donors (Lipinski definition) is 0. The third kappa shape index (κ3) is 2.02. The molecule has 0 saturated carbocycles. The third-order valence-electron chi connectivity index (χ3n) is 2.44. The molecule has 2 rings (SSSR count). The standard InChI is InChI=1S/C11H13BrO3/c1-13-10-4-2-3-9(7-10)11(8-12)14-5-6-15-11/h2-4,7H,5-6,8H2,1H3. The summed E-state index contributed by atoms with van der Waals surface area (Å²) in [5.74, 6) is 0.168. The Labute approximate surface area is 97.5 Å². The van der Waals surface area contributed by atoms with Crippen LogP contribution in [0.4, 0.5) is 0 Å². The van der Waals surface area contributed by atoms with Crippen molar-refractivity contribution in [3.8, 4) is 5.75 Å². The molecule has 1 saturated heterocycles. The first kappa shape index (κ1) is 10.9. The second-order valence-corrected chi connectivity index (χ2v) is 3.88. The Morgan fingerprint density at radius 1 is 1.40 bits per heavy atom. The van der Waals surface area contributed by atoms with Crippen LogP contribution in [0, 0.1) is 0 Å². The Morgan fingerprint density at radius 2 is 2.13 bits per heavy atom. The Hall–Kier alpha value is -0.580. The molecular weight excluding hydrogens is 260 g/mol. The smallest absolute Gasteiger partial charge is 0.205 e. The molecule has 1 aliphatic heterocycles. The van der Waals surface area contributed by atoms with E-state index in [1.165, 1.54) is 0 Å². The van der Waals surface area contributed by atoms with E-state index in [9.17, 15) is 0 Å². The van der Waals surface area contributed by atoms with Gasteiger partial charge < -0.3 is 14.2 Å². The summed E-state index contributed by atoms with van der Waals surface area (Å²) in [7, 11) is 1.65. The van der Waals surface area contributed by atoms with Gasteiger partial charge >= 0.3 is 0 Å². The maximum atomic E-state index is 5.65. The van der Waals surface area contributed by atoms with Crippen molar-refractivity contribution in [2.45, 2.75) is 5.79 Å². The van der Waals surface area contributed by atoms with Crippen LogP contribution in [0.15, 0.2) is 24.3 Å². The summed E-state index contributed by atoms with van der Waals surface area (Å²) in [6.45, 7) is 1.26. The van der Waals surface area contributed by atoms with Gasteiger partial charge in [-0.1, -0.05) is 28.1 Å². The van der Waals surface area contributed by atoms with E-state index in [1.54, 1.807) is 7.11 Å². The van der Waals surface area contributed by atoms with Gasteiger partial charge in [-0.15, -0.1) is 0 Å². The fraction of sp³-hybridized carbons (Fsp3) is 0.455. The van der Waals surface area contributed by atoms with Crippen molar-refractivity contribution in [2.75, 3.05) is 25.7 Å². The number of methoxy groups -OCH3 is 1. The van der Waals surface area contributed by atoms with E-state index >= 15 is 0 Å². The van der Waals surface area contributed by atoms with E-state index in [0.717, 1.165) is 11.3 Å². The molecule has 0 N–H and O–H groups in total. The van der Waals surface area contributed by atoms with Crippen molar-refractivity contribution < 1.29 is 14.2 Å². The molecule has 0 spiro atoms. The molecule has 1 aliphatic rings. The van der Waals surface area contributed by atoms with Crippen molar-refractivity contribution in [1.29, 1.82) is 0 Å². The van der Waals surface area contributed by atoms with Crippen LogP contribution >= 0.6 is 15.9 Å². The van der Waals surface area contributed by atoms with E-state index in [-0.39, 0.29) is 0 Å². The monoisotopic (exact) mass is 272 g/mol. The van der Waals surface area contributed by atoms with Crippen LogP contribution < -0.4 is 4.74 Å². The van der Waals surface area contributed by atoms with E-state index in [1.807, 2.05) is 24.3 Å². The first-order chi connectivity index (χ1) is 7.30. The summed E-state index contributed by atoms with van der Waals surface area (Å²) in [6.07, 6.45) is 0. The van der Waals surface area contributed by atoms with Crippen molar-refractivity contribution in [3.05, 3.63) is 29.8 Å². The summed E-state index contributed by atoms with van der Waals surface area (Å²) in [6, 6.07) is 7.76. The normalized spacial score (nSPS) is 19.1. The highest BCUT2D eigenvalue weighted by molar-refractivity contribution is 9.09. The van der Waals surface area contributed by atoms with Gasteiger partial charge in [0.15, 0.2) is 0 Å². The van der Waals surface area contributed by atoms with E-state index in [0.29, 0.717) is 18.5 Å². The Balaban J connectivity index is 2.33. The van der Waals surface area contributed by atoms with Crippen LogP contribution in [0.5, 0.6) is 5.75 Å². The van der Waals surface area contributed by atoms with Crippen molar-refractivity contribution >= 4 is 15.9 Å². The molecule has 0 unspecified atom stereocenters. The average Bonchev–Trinajstić information content (AvgIpc) is 2.79. The van der Waals surface area contributed by atoms with Crippen LogP contribution in [0.2, 0.25) is 0 Å². The van der Waals surface area contributed by atoms with Crippen LogP contribution in [0.1, 0.15) is 5.56 Å². The summed E-state index contributed by atoms with van der Waals surface area (Å²) in [5.41, 5.74) is 0.983. The molecule has 82 valence electrons. The Kier molecular flexibility index (Phi) is 3.29. The third-order valence-corrected chi connectivity index (χ3v) is 3.18. The molecule has 0 amide bonds. The zero-order valence-corrected chi connectivity index (χ0v) is 10.1. The minimum absolute atomic E-state index is 0.618. The molecule has 4 heteroatoms. The molecule has 15 heavy (non-hydrogen) atoms. The number of alkyl halides is 1. The minimum atomic E-state index is -0.644. The van der Waals surface area contributed by atoms with E-state index in [4.69, 9.17) is 14.2 Å². The number of ether oxygens (including phenoxy) is 3. The highest BCUT2D eigenvalue weighted by Crippen LogP contribution is 2.34. The van der Waals surface area contributed by atoms with Crippen LogP contribution in [0.25, 0.3) is 0 Å².